The van der Waals surface area contributed by atoms with Crippen LogP contribution in [0.25, 0.3) is 0 Å². The summed E-state index contributed by atoms with van der Waals surface area (Å²) in [7, 11) is -0.280. The van der Waals surface area contributed by atoms with Crippen LogP contribution < -0.4 is 19.8 Å². The summed E-state index contributed by atoms with van der Waals surface area (Å²) >= 11 is 0. The van der Waals surface area contributed by atoms with Gasteiger partial charge in [0.15, 0.2) is 0 Å². The maximum Gasteiger partial charge on any atom is 0.390 e. The fourth-order valence-electron chi connectivity index (χ4n) is 5.06. The maximum atomic E-state index is 14.9. The molecule has 2 heterocycles. The first-order valence-electron chi connectivity index (χ1n) is 13.4. The van der Waals surface area contributed by atoms with E-state index < -0.39 is 45.9 Å². The van der Waals surface area contributed by atoms with Gasteiger partial charge in [-0.3, -0.25) is 14.5 Å². The molecule has 41 heavy (non-hydrogen) atoms. The SMILES string of the molecule is CC(C)N1C(=O)N(c2ccc(NS(=O)(=O)CCC(F)(F)F)c(F)c2)Cc2cnc(NC3CCC(N(C)C)CC3)nc21. The van der Waals surface area contributed by atoms with Crippen molar-refractivity contribution in [1.29, 1.82) is 0 Å². The van der Waals surface area contributed by atoms with Crippen LogP contribution in [0.1, 0.15) is 51.5 Å². The van der Waals surface area contributed by atoms with Gasteiger partial charge in [-0.05, 0) is 71.8 Å². The summed E-state index contributed by atoms with van der Waals surface area (Å²) < 4.78 is 78.1. The number of rotatable bonds is 9. The normalized spacial score (nSPS) is 20.0. The van der Waals surface area contributed by atoms with Gasteiger partial charge in [-0.25, -0.2) is 22.6 Å². The molecule has 2 aliphatic rings. The summed E-state index contributed by atoms with van der Waals surface area (Å²) in [4.78, 5) is 27.7. The number of fused-ring (bicyclic) bond motifs is 1. The molecule has 2 aromatic rings. The Bertz CT molecular complexity index is 1360. The standard InChI is InChI=1S/C26H35F4N7O3S/c1-16(2)37-23-17(14-31-24(33-23)32-18-5-7-19(8-6-18)35(3)4)15-36(25(37)38)20-9-10-22(21(27)13-20)34-41(39,40)12-11-26(28,29)30/h9-10,13-14,16,18-19,34H,5-8,11-12,15H2,1-4H3,(H,31,32,33). The second kappa shape index (κ2) is 12.0. The molecule has 15 heteroatoms. The molecular formula is C26H35F4N7O3S. The zero-order chi connectivity index (χ0) is 30.1. The predicted octanol–water partition coefficient (Wildman–Crippen LogP) is 4.95. The molecule has 0 radical (unpaired) electrons. The first-order chi connectivity index (χ1) is 19.1. The van der Waals surface area contributed by atoms with Gasteiger partial charge < -0.3 is 10.2 Å². The van der Waals surface area contributed by atoms with Gasteiger partial charge in [0.1, 0.15) is 11.6 Å². The zero-order valence-corrected chi connectivity index (χ0v) is 24.2. The van der Waals surface area contributed by atoms with Crippen LogP contribution in [0.2, 0.25) is 0 Å². The van der Waals surface area contributed by atoms with Crippen LogP contribution >= 0.6 is 0 Å². The molecule has 226 valence electrons. The van der Waals surface area contributed by atoms with Crippen molar-refractivity contribution in [2.45, 2.75) is 76.8 Å². The fraction of sp³-hybridized carbons (Fsp3) is 0.577. The smallest absolute Gasteiger partial charge is 0.351 e. The summed E-state index contributed by atoms with van der Waals surface area (Å²) in [6.07, 6.45) is -0.530. The van der Waals surface area contributed by atoms with Crippen molar-refractivity contribution in [3.63, 3.8) is 0 Å². The van der Waals surface area contributed by atoms with E-state index in [9.17, 15) is 30.8 Å². The number of urea groups is 1. The highest BCUT2D eigenvalue weighted by Gasteiger charge is 2.36. The Hall–Kier alpha value is -3.20. The summed E-state index contributed by atoms with van der Waals surface area (Å²) in [6, 6.07) is 3.38. The van der Waals surface area contributed by atoms with Crippen LogP contribution in [-0.2, 0) is 16.6 Å². The minimum atomic E-state index is -4.67. The highest BCUT2D eigenvalue weighted by atomic mass is 32.2. The summed E-state index contributed by atoms with van der Waals surface area (Å²) in [5, 5.41) is 3.40. The third-order valence-electron chi connectivity index (χ3n) is 7.30. The first kappa shape index (κ1) is 30.8. The molecule has 1 aliphatic heterocycles. The number of alkyl halides is 3. The molecule has 1 aliphatic carbocycles. The van der Waals surface area contributed by atoms with Crippen LogP contribution in [0, 0.1) is 5.82 Å². The van der Waals surface area contributed by atoms with Gasteiger partial charge in [-0.2, -0.15) is 18.2 Å². The minimum absolute atomic E-state index is 0.0434. The van der Waals surface area contributed by atoms with E-state index >= 15 is 0 Å². The lowest BCUT2D eigenvalue weighted by molar-refractivity contribution is -0.129. The molecule has 4 rings (SSSR count). The van der Waals surface area contributed by atoms with E-state index in [1.807, 2.05) is 18.6 Å². The molecule has 0 unspecified atom stereocenters. The largest absolute Gasteiger partial charge is 0.390 e. The highest BCUT2D eigenvalue weighted by molar-refractivity contribution is 7.92. The van der Waals surface area contributed by atoms with Crippen molar-refractivity contribution in [1.82, 2.24) is 14.9 Å². The van der Waals surface area contributed by atoms with E-state index in [-0.39, 0.29) is 24.3 Å². The predicted molar refractivity (Wildman–Crippen MR) is 149 cm³/mol. The monoisotopic (exact) mass is 601 g/mol. The number of nitrogens with zero attached hydrogens (tertiary/aromatic N) is 5. The topological polar surface area (TPSA) is 111 Å². The van der Waals surface area contributed by atoms with Crippen LogP contribution in [0.3, 0.4) is 0 Å². The average Bonchev–Trinajstić information content (AvgIpc) is 2.88. The molecule has 10 nitrogen and oxygen atoms in total. The molecular weight excluding hydrogens is 566 g/mol. The van der Waals surface area contributed by atoms with Gasteiger partial charge in [-0.15, -0.1) is 0 Å². The number of hydrogen-bond acceptors (Lipinski definition) is 7. The van der Waals surface area contributed by atoms with Crippen LogP contribution in [0.15, 0.2) is 24.4 Å². The molecule has 0 atom stereocenters. The number of carbonyl (C=O) groups is 1. The zero-order valence-electron chi connectivity index (χ0n) is 23.4. The fourth-order valence-corrected chi connectivity index (χ4v) is 6.16. The molecule has 1 aromatic heterocycles. The number of aromatic nitrogens is 2. The Balaban J connectivity index is 1.51. The molecule has 0 bridgehead atoms. The van der Waals surface area contributed by atoms with Gasteiger partial charge >= 0.3 is 12.2 Å². The van der Waals surface area contributed by atoms with Gasteiger partial charge in [-0.1, -0.05) is 0 Å². The lowest BCUT2D eigenvalue weighted by Gasteiger charge is -2.38. The van der Waals surface area contributed by atoms with Crippen LogP contribution in [0.4, 0.5) is 45.5 Å². The highest BCUT2D eigenvalue weighted by Crippen LogP contribution is 2.34. The van der Waals surface area contributed by atoms with E-state index in [1.54, 1.807) is 6.20 Å². The molecule has 2 N–H and O–H groups in total. The van der Waals surface area contributed by atoms with Crippen molar-refractivity contribution in [3.05, 3.63) is 35.8 Å². The summed E-state index contributed by atoms with van der Waals surface area (Å²) in [5.74, 6) is -1.39. The number of benzene rings is 1. The number of hydrogen-bond donors (Lipinski definition) is 2. The van der Waals surface area contributed by atoms with Gasteiger partial charge in [0.25, 0.3) is 0 Å². The molecule has 1 saturated carbocycles. The van der Waals surface area contributed by atoms with Crippen molar-refractivity contribution in [2.24, 2.45) is 0 Å². The van der Waals surface area contributed by atoms with E-state index in [4.69, 9.17) is 0 Å². The van der Waals surface area contributed by atoms with E-state index in [0.29, 0.717) is 23.4 Å². The van der Waals surface area contributed by atoms with Crippen molar-refractivity contribution < 1.29 is 30.8 Å². The Kier molecular flexibility index (Phi) is 8.97. The van der Waals surface area contributed by atoms with Crippen molar-refractivity contribution in [3.8, 4) is 0 Å². The number of carbonyl (C=O) groups excluding carboxylic acids is 1. The molecule has 2 amide bonds. The first-order valence-corrected chi connectivity index (χ1v) is 15.0. The second-order valence-electron chi connectivity index (χ2n) is 10.9. The molecule has 0 spiro atoms. The third-order valence-corrected chi connectivity index (χ3v) is 8.57. The summed E-state index contributed by atoms with van der Waals surface area (Å²) in [6.45, 7) is 3.69. The average molecular weight is 602 g/mol. The Morgan fingerprint density at radius 2 is 1.83 bits per heavy atom. The molecule has 0 saturated heterocycles. The second-order valence-corrected chi connectivity index (χ2v) is 12.8. The third kappa shape index (κ3) is 7.56. The van der Waals surface area contributed by atoms with Crippen molar-refractivity contribution in [2.75, 3.05) is 39.7 Å². The summed E-state index contributed by atoms with van der Waals surface area (Å²) in [5.41, 5.74) is 0.263. The quantitative estimate of drug-likeness (QED) is 0.392. The Morgan fingerprint density at radius 1 is 1.15 bits per heavy atom. The number of nitrogens with one attached hydrogen (secondary N) is 2. The van der Waals surface area contributed by atoms with Crippen LogP contribution in [-0.4, -0.2) is 73.5 Å². The number of sulfonamides is 1. The van der Waals surface area contributed by atoms with Gasteiger partial charge in [0, 0.05) is 35.6 Å². The Labute approximate surface area is 237 Å². The van der Waals surface area contributed by atoms with Crippen LogP contribution in [0.5, 0.6) is 0 Å². The van der Waals surface area contributed by atoms with E-state index in [0.717, 1.165) is 37.8 Å². The Morgan fingerprint density at radius 3 is 2.41 bits per heavy atom. The maximum absolute atomic E-state index is 14.9. The van der Waals surface area contributed by atoms with Gasteiger partial charge in [0.2, 0.25) is 16.0 Å². The van der Waals surface area contributed by atoms with Gasteiger partial charge in [0.05, 0.1) is 24.4 Å². The lowest BCUT2D eigenvalue weighted by Crippen LogP contribution is -2.51. The molecule has 1 aromatic carbocycles. The number of amides is 2. The van der Waals surface area contributed by atoms with E-state index in [2.05, 4.69) is 34.3 Å². The van der Waals surface area contributed by atoms with Crippen molar-refractivity contribution >= 4 is 39.2 Å². The number of halogens is 4. The minimum Gasteiger partial charge on any atom is -0.351 e. The molecule has 1 fully saturated rings. The number of anilines is 4. The lowest BCUT2D eigenvalue weighted by atomic mass is 9.91. The van der Waals surface area contributed by atoms with E-state index in [1.165, 1.54) is 15.9 Å².